The second-order valence-corrected chi connectivity index (χ2v) is 6.48. The molecule has 3 N–H and O–H groups in total. The summed E-state index contributed by atoms with van der Waals surface area (Å²) in [5, 5.41) is 8.05. The summed E-state index contributed by atoms with van der Waals surface area (Å²) in [6.45, 7) is 0.573. The van der Waals surface area contributed by atoms with E-state index in [1.807, 2.05) is 6.07 Å². The molecule has 0 atom stereocenters. The van der Waals surface area contributed by atoms with E-state index in [1.165, 1.54) is 0 Å². The molecule has 0 heterocycles. The lowest BCUT2D eigenvalue weighted by Gasteiger charge is -2.08. The van der Waals surface area contributed by atoms with Crippen molar-refractivity contribution >= 4 is 33.7 Å². The van der Waals surface area contributed by atoms with Crippen LogP contribution in [-0.2, 0) is 11.3 Å². The first kappa shape index (κ1) is 19.7. The maximum absolute atomic E-state index is 12.0. The van der Waals surface area contributed by atoms with E-state index < -0.39 is 0 Å². The minimum absolute atomic E-state index is 0.172. The normalized spacial score (nSPS) is 10.1. The van der Waals surface area contributed by atoms with E-state index in [4.69, 9.17) is 0 Å². The smallest absolute Gasteiger partial charge is 0.251 e. The van der Waals surface area contributed by atoms with Gasteiger partial charge in [0.1, 0.15) is 0 Å². The van der Waals surface area contributed by atoms with Gasteiger partial charge in [0.25, 0.3) is 11.8 Å². The maximum Gasteiger partial charge on any atom is 0.251 e. The topological polar surface area (TPSA) is 87.3 Å². The fourth-order valence-corrected chi connectivity index (χ4v) is 2.51. The average molecular weight is 418 g/mol. The highest BCUT2D eigenvalue weighted by Gasteiger charge is 2.08. The standard InChI is InChI=1S/C19H20BrN3O3/c1-21-18(25)15-4-2-3-13(11-15)12-23-17(24)9-10-22-19(26)14-5-7-16(20)8-6-14/h2-8,11H,9-10,12H2,1H3,(H,21,25)(H,22,26)(H,23,24). The number of hydrogen-bond acceptors (Lipinski definition) is 3. The number of hydrogen-bond donors (Lipinski definition) is 3. The lowest BCUT2D eigenvalue weighted by Crippen LogP contribution is -2.30. The van der Waals surface area contributed by atoms with Crippen LogP contribution < -0.4 is 16.0 Å². The zero-order chi connectivity index (χ0) is 18.9. The Morgan fingerprint density at radius 2 is 1.65 bits per heavy atom. The SMILES string of the molecule is CNC(=O)c1cccc(CNC(=O)CCNC(=O)c2ccc(Br)cc2)c1. The first-order valence-electron chi connectivity index (χ1n) is 8.11. The average Bonchev–Trinajstić information content (AvgIpc) is 2.66. The molecule has 0 aromatic heterocycles. The largest absolute Gasteiger partial charge is 0.355 e. The molecule has 3 amide bonds. The van der Waals surface area contributed by atoms with Gasteiger partial charge in [0, 0.05) is 42.2 Å². The zero-order valence-corrected chi connectivity index (χ0v) is 15.9. The van der Waals surface area contributed by atoms with E-state index in [2.05, 4.69) is 31.9 Å². The molecule has 2 rings (SSSR count). The Kier molecular flexibility index (Phi) is 7.35. The van der Waals surface area contributed by atoms with E-state index >= 15 is 0 Å². The van der Waals surface area contributed by atoms with Crippen molar-refractivity contribution in [2.75, 3.05) is 13.6 Å². The third kappa shape index (κ3) is 6.00. The molecule has 136 valence electrons. The molecule has 0 spiro atoms. The van der Waals surface area contributed by atoms with Gasteiger partial charge >= 0.3 is 0 Å². The summed E-state index contributed by atoms with van der Waals surface area (Å²) in [5.41, 5.74) is 1.92. The molecule has 2 aromatic carbocycles. The van der Waals surface area contributed by atoms with Gasteiger partial charge in [0.15, 0.2) is 0 Å². The highest BCUT2D eigenvalue weighted by molar-refractivity contribution is 9.10. The highest BCUT2D eigenvalue weighted by atomic mass is 79.9. The minimum atomic E-state index is -0.219. The van der Waals surface area contributed by atoms with Gasteiger partial charge in [0.2, 0.25) is 5.91 Å². The van der Waals surface area contributed by atoms with Crippen molar-refractivity contribution in [3.63, 3.8) is 0 Å². The predicted octanol–water partition coefficient (Wildman–Crippen LogP) is 2.25. The second kappa shape index (κ2) is 9.72. The Hall–Kier alpha value is -2.67. The van der Waals surface area contributed by atoms with E-state index in [0.29, 0.717) is 17.7 Å². The summed E-state index contributed by atoms with van der Waals surface area (Å²) < 4.78 is 0.897. The van der Waals surface area contributed by atoms with E-state index in [9.17, 15) is 14.4 Å². The Balaban J connectivity index is 1.74. The van der Waals surface area contributed by atoms with Crippen molar-refractivity contribution in [2.45, 2.75) is 13.0 Å². The van der Waals surface area contributed by atoms with Crippen molar-refractivity contribution < 1.29 is 14.4 Å². The molecule has 0 saturated heterocycles. The van der Waals surface area contributed by atoms with Gasteiger partial charge in [-0.15, -0.1) is 0 Å². The summed E-state index contributed by atoms with van der Waals surface area (Å²) in [4.78, 5) is 35.5. The van der Waals surface area contributed by atoms with Gasteiger partial charge < -0.3 is 16.0 Å². The molecular formula is C19H20BrN3O3. The molecule has 7 heteroatoms. The summed E-state index contributed by atoms with van der Waals surface area (Å²) in [6, 6.07) is 14.0. The van der Waals surface area contributed by atoms with E-state index in [-0.39, 0.29) is 30.7 Å². The van der Waals surface area contributed by atoms with Gasteiger partial charge in [-0.3, -0.25) is 14.4 Å². The molecule has 26 heavy (non-hydrogen) atoms. The van der Waals surface area contributed by atoms with Crippen molar-refractivity contribution in [2.24, 2.45) is 0 Å². The van der Waals surface area contributed by atoms with Crippen LogP contribution >= 0.6 is 15.9 Å². The first-order chi connectivity index (χ1) is 12.5. The number of nitrogens with one attached hydrogen (secondary N) is 3. The molecule has 0 aliphatic heterocycles. The number of rotatable bonds is 7. The van der Waals surface area contributed by atoms with Crippen molar-refractivity contribution in [1.82, 2.24) is 16.0 Å². The molecule has 0 aliphatic carbocycles. The van der Waals surface area contributed by atoms with Crippen LogP contribution in [0, 0.1) is 0 Å². The van der Waals surface area contributed by atoms with Crippen LogP contribution in [0.2, 0.25) is 0 Å². The van der Waals surface area contributed by atoms with Crippen LogP contribution in [0.3, 0.4) is 0 Å². The molecule has 0 fully saturated rings. The van der Waals surface area contributed by atoms with Gasteiger partial charge in [-0.1, -0.05) is 28.1 Å². The van der Waals surface area contributed by atoms with Gasteiger partial charge in [0.05, 0.1) is 0 Å². The van der Waals surface area contributed by atoms with Crippen molar-refractivity contribution in [1.29, 1.82) is 0 Å². The quantitative estimate of drug-likeness (QED) is 0.645. The number of halogens is 1. The molecule has 0 saturated carbocycles. The van der Waals surface area contributed by atoms with Crippen molar-refractivity contribution in [3.05, 3.63) is 69.7 Å². The molecule has 0 bridgehead atoms. The summed E-state index contributed by atoms with van der Waals surface area (Å²) in [7, 11) is 1.57. The number of benzene rings is 2. The lowest BCUT2D eigenvalue weighted by molar-refractivity contribution is -0.121. The summed E-state index contributed by atoms with van der Waals surface area (Å²) in [6.07, 6.45) is 0.178. The molecule has 0 aliphatic rings. The fraction of sp³-hybridized carbons (Fsp3) is 0.211. The Morgan fingerprint density at radius 1 is 0.923 bits per heavy atom. The first-order valence-corrected chi connectivity index (χ1v) is 8.90. The lowest BCUT2D eigenvalue weighted by atomic mass is 10.1. The molecule has 0 unspecified atom stereocenters. The van der Waals surface area contributed by atoms with Crippen LogP contribution in [0.25, 0.3) is 0 Å². The minimum Gasteiger partial charge on any atom is -0.355 e. The Labute approximate surface area is 160 Å². The third-order valence-electron chi connectivity index (χ3n) is 3.65. The van der Waals surface area contributed by atoms with Gasteiger partial charge in [-0.2, -0.15) is 0 Å². The molecule has 6 nitrogen and oxygen atoms in total. The van der Waals surface area contributed by atoms with Crippen LogP contribution in [0.4, 0.5) is 0 Å². The molecule has 2 aromatic rings. The second-order valence-electron chi connectivity index (χ2n) is 5.57. The molecular weight excluding hydrogens is 398 g/mol. The van der Waals surface area contributed by atoms with Crippen molar-refractivity contribution in [3.8, 4) is 0 Å². The zero-order valence-electron chi connectivity index (χ0n) is 14.3. The fourth-order valence-electron chi connectivity index (χ4n) is 2.25. The monoisotopic (exact) mass is 417 g/mol. The predicted molar refractivity (Wildman–Crippen MR) is 103 cm³/mol. The highest BCUT2D eigenvalue weighted by Crippen LogP contribution is 2.10. The van der Waals surface area contributed by atoms with E-state index in [0.717, 1.165) is 10.0 Å². The summed E-state index contributed by atoms with van der Waals surface area (Å²) >= 11 is 3.31. The summed E-state index contributed by atoms with van der Waals surface area (Å²) in [5.74, 6) is -0.566. The Morgan fingerprint density at radius 3 is 2.35 bits per heavy atom. The Bertz CT molecular complexity index is 791. The van der Waals surface area contributed by atoms with E-state index in [1.54, 1.807) is 49.5 Å². The number of carbonyl (C=O) groups excluding carboxylic acids is 3. The van der Waals surface area contributed by atoms with Gasteiger partial charge in [-0.05, 0) is 42.0 Å². The van der Waals surface area contributed by atoms with Crippen LogP contribution in [-0.4, -0.2) is 31.3 Å². The number of amides is 3. The van der Waals surface area contributed by atoms with Crippen LogP contribution in [0.5, 0.6) is 0 Å². The number of carbonyl (C=O) groups is 3. The third-order valence-corrected chi connectivity index (χ3v) is 4.18. The molecule has 0 radical (unpaired) electrons. The maximum atomic E-state index is 12.0. The van der Waals surface area contributed by atoms with Crippen LogP contribution in [0.15, 0.2) is 53.0 Å². The van der Waals surface area contributed by atoms with Crippen LogP contribution in [0.1, 0.15) is 32.7 Å². The van der Waals surface area contributed by atoms with Gasteiger partial charge in [-0.25, -0.2) is 0 Å².